The number of carbonyl (C=O) groups is 1. The zero-order chi connectivity index (χ0) is 21.7. The van der Waals surface area contributed by atoms with E-state index in [1.807, 2.05) is 43.5 Å². The first kappa shape index (κ1) is 22.2. The van der Waals surface area contributed by atoms with Gasteiger partial charge in [-0.2, -0.15) is 0 Å². The summed E-state index contributed by atoms with van der Waals surface area (Å²) in [4.78, 5) is 12.4. The summed E-state index contributed by atoms with van der Waals surface area (Å²) in [5, 5.41) is 12.7. The van der Waals surface area contributed by atoms with Crippen molar-refractivity contribution in [2.75, 3.05) is 11.1 Å². The number of anilines is 1. The van der Waals surface area contributed by atoms with E-state index in [4.69, 9.17) is 16.3 Å². The number of benzene rings is 2. The van der Waals surface area contributed by atoms with Gasteiger partial charge in [-0.3, -0.25) is 4.79 Å². The highest BCUT2D eigenvalue weighted by molar-refractivity contribution is 7.99. The smallest absolute Gasteiger partial charge is 0.234 e. The Hall–Kier alpha value is -2.51. The zero-order valence-corrected chi connectivity index (χ0v) is 19.1. The van der Waals surface area contributed by atoms with Crippen molar-refractivity contribution >= 4 is 35.0 Å². The number of hydrogen-bond donors (Lipinski definition) is 1. The van der Waals surface area contributed by atoms with Gasteiger partial charge in [-0.05, 0) is 62.6 Å². The van der Waals surface area contributed by atoms with Crippen LogP contribution in [-0.2, 0) is 17.9 Å². The van der Waals surface area contributed by atoms with Gasteiger partial charge in [-0.1, -0.05) is 41.6 Å². The maximum atomic E-state index is 12.4. The quantitative estimate of drug-likeness (QED) is 0.484. The number of hydrogen-bond acceptors (Lipinski definition) is 5. The Labute approximate surface area is 186 Å². The molecule has 0 aliphatic heterocycles. The third kappa shape index (κ3) is 5.34. The summed E-state index contributed by atoms with van der Waals surface area (Å²) >= 11 is 7.36. The maximum absolute atomic E-state index is 12.4. The first-order valence-electron chi connectivity index (χ1n) is 9.69. The number of halogens is 1. The molecule has 158 valence electrons. The van der Waals surface area contributed by atoms with E-state index in [-0.39, 0.29) is 11.7 Å². The first-order chi connectivity index (χ1) is 14.4. The molecule has 1 amide bonds. The lowest BCUT2D eigenvalue weighted by atomic mass is 10.1. The van der Waals surface area contributed by atoms with Crippen LogP contribution in [0.5, 0.6) is 5.75 Å². The van der Waals surface area contributed by atoms with Crippen molar-refractivity contribution < 1.29 is 9.53 Å². The number of aryl methyl sites for hydroxylation is 2. The molecule has 2 aromatic carbocycles. The molecular weight excluding hydrogens is 420 g/mol. The molecule has 0 saturated heterocycles. The third-order valence-electron chi connectivity index (χ3n) is 4.83. The lowest BCUT2D eigenvalue weighted by Crippen LogP contribution is -2.15. The number of rotatable bonds is 8. The molecule has 1 N–H and O–H groups in total. The lowest BCUT2D eigenvalue weighted by Gasteiger charge is -2.12. The van der Waals surface area contributed by atoms with Crippen LogP contribution >= 0.6 is 23.4 Å². The van der Waals surface area contributed by atoms with Crippen LogP contribution in [0.2, 0.25) is 5.02 Å². The molecule has 0 aliphatic rings. The molecule has 0 radical (unpaired) electrons. The van der Waals surface area contributed by atoms with Crippen LogP contribution < -0.4 is 10.1 Å². The molecule has 0 fully saturated rings. The minimum absolute atomic E-state index is 0.121. The largest absolute Gasteiger partial charge is 0.485 e. The number of ether oxygens (including phenoxy) is 1. The molecule has 0 spiro atoms. The summed E-state index contributed by atoms with van der Waals surface area (Å²) in [5.41, 5.74) is 3.97. The average Bonchev–Trinajstić information content (AvgIpc) is 3.12. The second-order valence-electron chi connectivity index (χ2n) is 6.93. The van der Waals surface area contributed by atoms with E-state index < -0.39 is 0 Å². The molecule has 0 atom stereocenters. The summed E-state index contributed by atoms with van der Waals surface area (Å²) < 4.78 is 7.93. The minimum atomic E-state index is -0.121. The number of nitrogens with zero attached hydrogens (tertiary/aromatic N) is 3. The van der Waals surface area contributed by atoms with Crippen molar-refractivity contribution in [2.45, 2.75) is 46.0 Å². The van der Waals surface area contributed by atoms with Crippen molar-refractivity contribution in [3.63, 3.8) is 0 Å². The van der Waals surface area contributed by atoms with Crippen LogP contribution in [0, 0.1) is 20.8 Å². The molecular formula is C22H25ClN4O2S. The van der Waals surface area contributed by atoms with Crippen molar-refractivity contribution in [3.05, 3.63) is 63.9 Å². The van der Waals surface area contributed by atoms with E-state index in [1.54, 1.807) is 12.1 Å². The number of nitrogens with one attached hydrogen (secondary N) is 1. The summed E-state index contributed by atoms with van der Waals surface area (Å²) in [6.45, 7) is 9.05. The molecule has 0 bridgehead atoms. The Balaban J connectivity index is 1.62. The highest BCUT2D eigenvalue weighted by Crippen LogP contribution is 2.24. The fraction of sp³-hybridized carbons (Fsp3) is 0.318. The standard InChI is InChI=1S/C22H25ClN4O2S/c1-5-27-20(12-29-19-8-6-7-14(2)16(19)4)25-26-22(27)30-13-21(28)24-18-11-17(23)10-9-15(18)3/h6-11H,5,12-13H2,1-4H3,(H,24,28). The SMILES string of the molecule is CCn1c(COc2cccc(C)c2C)nnc1SCC(=O)Nc1cc(Cl)ccc1C. The molecule has 8 heteroatoms. The lowest BCUT2D eigenvalue weighted by molar-refractivity contribution is -0.113. The summed E-state index contributed by atoms with van der Waals surface area (Å²) in [5.74, 6) is 1.67. The van der Waals surface area contributed by atoms with Gasteiger partial charge in [0, 0.05) is 17.3 Å². The molecule has 3 rings (SSSR count). The molecule has 1 heterocycles. The molecule has 0 aliphatic carbocycles. The van der Waals surface area contributed by atoms with E-state index >= 15 is 0 Å². The van der Waals surface area contributed by atoms with Crippen LogP contribution in [0.25, 0.3) is 0 Å². The Kier molecular flexibility index (Phi) is 7.39. The monoisotopic (exact) mass is 444 g/mol. The van der Waals surface area contributed by atoms with E-state index in [1.165, 1.54) is 17.3 Å². The second kappa shape index (κ2) is 10.00. The summed E-state index contributed by atoms with van der Waals surface area (Å²) in [6.07, 6.45) is 0. The number of thioether (sulfide) groups is 1. The van der Waals surface area contributed by atoms with Gasteiger partial charge >= 0.3 is 0 Å². The van der Waals surface area contributed by atoms with Crippen molar-refractivity contribution in [1.29, 1.82) is 0 Å². The van der Waals surface area contributed by atoms with E-state index in [9.17, 15) is 4.79 Å². The van der Waals surface area contributed by atoms with Crippen LogP contribution in [0.4, 0.5) is 5.69 Å². The molecule has 3 aromatic rings. The normalized spacial score (nSPS) is 10.8. The molecule has 6 nitrogen and oxygen atoms in total. The number of amides is 1. The topological polar surface area (TPSA) is 69.0 Å². The number of aromatic nitrogens is 3. The Morgan fingerprint density at radius 1 is 1.17 bits per heavy atom. The van der Waals surface area contributed by atoms with Crippen molar-refractivity contribution in [1.82, 2.24) is 14.8 Å². The minimum Gasteiger partial charge on any atom is -0.485 e. The van der Waals surface area contributed by atoms with Gasteiger partial charge < -0.3 is 14.6 Å². The predicted molar refractivity (Wildman–Crippen MR) is 121 cm³/mol. The highest BCUT2D eigenvalue weighted by Gasteiger charge is 2.15. The number of carbonyl (C=O) groups excluding carboxylic acids is 1. The molecule has 0 unspecified atom stereocenters. The summed E-state index contributed by atoms with van der Waals surface area (Å²) in [7, 11) is 0. The van der Waals surface area contributed by atoms with Gasteiger partial charge in [0.15, 0.2) is 11.0 Å². The van der Waals surface area contributed by atoms with Crippen LogP contribution in [0.15, 0.2) is 41.6 Å². The zero-order valence-electron chi connectivity index (χ0n) is 17.5. The highest BCUT2D eigenvalue weighted by atomic mass is 35.5. The van der Waals surface area contributed by atoms with E-state index in [0.29, 0.717) is 29.0 Å². The van der Waals surface area contributed by atoms with Gasteiger partial charge in [-0.15, -0.1) is 10.2 Å². The van der Waals surface area contributed by atoms with Gasteiger partial charge in [0.2, 0.25) is 5.91 Å². The van der Waals surface area contributed by atoms with Gasteiger partial charge in [0.1, 0.15) is 12.4 Å². The van der Waals surface area contributed by atoms with E-state index in [0.717, 1.165) is 22.7 Å². The van der Waals surface area contributed by atoms with E-state index in [2.05, 4.69) is 28.5 Å². The first-order valence-corrected chi connectivity index (χ1v) is 11.0. The summed E-state index contributed by atoms with van der Waals surface area (Å²) in [6, 6.07) is 11.4. The fourth-order valence-corrected chi connectivity index (χ4v) is 3.91. The predicted octanol–water partition coefficient (Wildman–Crippen LogP) is 5.19. The van der Waals surface area contributed by atoms with Crippen LogP contribution in [-0.4, -0.2) is 26.4 Å². The average molecular weight is 445 g/mol. The third-order valence-corrected chi connectivity index (χ3v) is 6.03. The fourth-order valence-electron chi connectivity index (χ4n) is 2.92. The van der Waals surface area contributed by atoms with Crippen molar-refractivity contribution in [3.8, 4) is 5.75 Å². The van der Waals surface area contributed by atoms with Gasteiger partial charge in [0.25, 0.3) is 0 Å². The van der Waals surface area contributed by atoms with Gasteiger partial charge in [0.05, 0.1) is 5.75 Å². The second-order valence-corrected chi connectivity index (χ2v) is 8.30. The molecule has 0 saturated carbocycles. The van der Waals surface area contributed by atoms with Crippen LogP contribution in [0.1, 0.15) is 29.4 Å². The Bertz CT molecular complexity index is 1050. The molecule has 30 heavy (non-hydrogen) atoms. The maximum Gasteiger partial charge on any atom is 0.234 e. The van der Waals surface area contributed by atoms with Crippen molar-refractivity contribution in [2.24, 2.45) is 0 Å². The Morgan fingerprint density at radius 2 is 1.97 bits per heavy atom. The van der Waals surface area contributed by atoms with Crippen LogP contribution in [0.3, 0.4) is 0 Å². The Morgan fingerprint density at radius 3 is 2.73 bits per heavy atom. The van der Waals surface area contributed by atoms with Gasteiger partial charge in [-0.25, -0.2) is 0 Å². The molecule has 1 aromatic heterocycles.